The largest absolute Gasteiger partial charge is 0.289 e. The van der Waals surface area contributed by atoms with Crippen molar-refractivity contribution in [2.24, 2.45) is 0 Å². The molecule has 110 valence electrons. The van der Waals surface area contributed by atoms with Crippen molar-refractivity contribution in [3.05, 3.63) is 82.4 Å². The maximum Gasteiger partial charge on any atom is 0.194 e. The number of benzene rings is 2. The molecule has 0 spiro atoms. The van der Waals surface area contributed by atoms with Gasteiger partial charge in [0.2, 0.25) is 0 Å². The highest BCUT2D eigenvalue weighted by Gasteiger charge is 2.30. The zero-order chi connectivity index (χ0) is 15.5. The monoisotopic (exact) mass is 290 g/mol. The number of rotatable bonds is 4. The topological polar surface area (TPSA) is 34.1 Å². The molecule has 2 aromatic carbocycles. The molecule has 0 bridgehead atoms. The van der Waals surface area contributed by atoms with Crippen LogP contribution in [0, 0.1) is 0 Å². The minimum absolute atomic E-state index is 0.0373. The van der Waals surface area contributed by atoms with Gasteiger partial charge in [0.15, 0.2) is 11.6 Å². The van der Waals surface area contributed by atoms with Crippen LogP contribution in [0.15, 0.2) is 54.6 Å². The van der Waals surface area contributed by atoms with E-state index < -0.39 is 0 Å². The van der Waals surface area contributed by atoms with Crippen molar-refractivity contribution in [3.8, 4) is 0 Å². The Bertz CT molecular complexity index is 769. The summed E-state index contributed by atoms with van der Waals surface area (Å²) in [5.74, 6) is -0.0886. The molecule has 1 aliphatic rings. The maximum absolute atomic E-state index is 12.8. The third kappa shape index (κ3) is 2.41. The Morgan fingerprint density at radius 3 is 2.23 bits per heavy atom. The van der Waals surface area contributed by atoms with Crippen molar-refractivity contribution in [2.45, 2.75) is 26.2 Å². The van der Waals surface area contributed by atoms with Crippen LogP contribution in [0.2, 0.25) is 0 Å². The van der Waals surface area contributed by atoms with Crippen LogP contribution in [0.5, 0.6) is 0 Å². The summed E-state index contributed by atoms with van der Waals surface area (Å²) in [5, 5.41) is 0. The molecule has 0 fully saturated rings. The van der Waals surface area contributed by atoms with Crippen LogP contribution < -0.4 is 0 Å². The lowest BCUT2D eigenvalue weighted by molar-refractivity contribution is 0.0978. The Labute approximate surface area is 130 Å². The predicted molar refractivity (Wildman–Crippen MR) is 87.5 cm³/mol. The van der Waals surface area contributed by atoms with Crippen LogP contribution in [-0.4, -0.2) is 11.6 Å². The van der Waals surface area contributed by atoms with Gasteiger partial charge in [0, 0.05) is 22.3 Å². The van der Waals surface area contributed by atoms with E-state index in [1.807, 2.05) is 12.1 Å². The van der Waals surface area contributed by atoms with Gasteiger partial charge in [-0.25, -0.2) is 0 Å². The van der Waals surface area contributed by atoms with Gasteiger partial charge in [-0.15, -0.1) is 0 Å². The minimum Gasteiger partial charge on any atom is -0.289 e. The third-order valence-electron chi connectivity index (χ3n) is 4.00. The minimum atomic E-state index is -0.0513. The summed E-state index contributed by atoms with van der Waals surface area (Å²) < 4.78 is 0. The normalized spacial score (nSPS) is 13.3. The summed E-state index contributed by atoms with van der Waals surface area (Å²) in [4.78, 5) is 25.4. The van der Waals surface area contributed by atoms with Gasteiger partial charge in [-0.2, -0.15) is 0 Å². The first-order valence-electron chi connectivity index (χ1n) is 7.69. The molecule has 1 aliphatic carbocycles. The molecule has 0 unspecified atom stereocenters. The van der Waals surface area contributed by atoms with Crippen molar-refractivity contribution in [1.82, 2.24) is 0 Å². The molecule has 2 nitrogen and oxygen atoms in total. The van der Waals surface area contributed by atoms with Gasteiger partial charge in [-0.3, -0.25) is 9.59 Å². The Morgan fingerprint density at radius 1 is 0.818 bits per heavy atom. The number of fused-ring (bicyclic) bond motifs is 2. The van der Waals surface area contributed by atoms with Gasteiger partial charge in [0.25, 0.3) is 0 Å². The van der Waals surface area contributed by atoms with Gasteiger partial charge in [0.1, 0.15) is 0 Å². The number of carbonyl (C=O) groups excluding carboxylic acids is 2. The smallest absolute Gasteiger partial charge is 0.194 e. The molecule has 0 N–H and O–H groups in total. The van der Waals surface area contributed by atoms with Gasteiger partial charge < -0.3 is 0 Å². The Morgan fingerprint density at radius 2 is 1.50 bits per heavy atom. The first-order chi connectivity index (χ1) is 10.7. The molecular weight excluding hydrogens is 272 g/mol. The van der Waals surface area contributed by atoms with Crippen LogP contribution in [0.4, 0.5) is 0 Å². The molecule has 0 saturated carbocycles. The fraction of sp³-hybridized carbons (Fsp3) is 0.200. The number of allylic oxidation sites excluding steroid dienone is 2. The van der Waals surface area contributed by atoms with E-state index in [1.165, 1.54) is 0 Å². The summed E-state index contributed by atoms with van der Waals surface area (Å²) in [6.07, 6.45) is 7.03. The van der Waals surface area contributed by atoms with E-state index in [-0.39, 0.29) is 11.6 Å². The van der Waals surface area contributed by atoms with E-state index in [4.69, 9.17) is 0 Å². The molecule has 2 heteroatoms. The van der Waals surface area contributed by atoms with Gasteiger partial charge >= 0.3 is 0 Å². The Hall–Kier alpha value is -2.48. The summed E-state index contributed by atoms with van der Waals surface area (Å²) >= 11 is 0. The quantitative estimate of drug-likeness (QED) is 0.669. The Balaban J connectivity index is 2.05. The van der Waals surface area contributed by atoms with Crippen molar-refractivity contribution < 1.29 is 9.59 Å². The molecule has 22 heavy (non-hydrogen) atoms. The molecule has 3 rings (SSSR count). The number of ketones is 2. The number of hydrogen-bond donors (Lipinski definition) is 0. The average molecular weight is 290 g/mol. The summed E-state index contributed by atoms with van der Waals surface area (Å²) in [7, 11) is 0. The van der Waals surface area contributed by atoms with E-state index in [0.717, 1.165) is 18.4 Å². The van der Waals surface area contributed by atoms with Crippen LogP contribution >= 0.6 is 0 Å². The zero-order valence-corrected chi connectivity index (χ0v) is 12.6. The number of carbonyl (C=O) groups is 2. The molecule has 0 atom stereocenters. The van der Waals surface area contributed by atoms with E-state index in [9.17, 15) is 9.59 Å². The molecule has 0 aliphatic heterocycles. The third-order valence-corrected chi connectivity index (χ3v) is 4.00. The summed E-state index contributed by atoms with van der Waals surface area (Å²) in [6, 6.07) is 12.6. The van der Waals surface area contributed by atoms with Crippen LogP contribution in [0.3, 0.4) is 0 Å². The standard InChI is InChI=1S/C20H18O2/c1-2-3-4-5-9-14-10-8-13-17-18(14)20(22)16-12-7-6-11-15(16)19(17)21/h4-8,10-13H,2-3,9H2,1H3. The molecule has 0 heterocycles. The fourth-order valence-corrected chi connectivity index (χ4v) is 2.88. The van der Waals surface area contributed by atoms with Crippen molar-refractivity contribution in [2.75, 3.05) is 0 Å². The predicted octanol–water partition coefficient (Wildman–Crippen LogP) is 4.36. The van der Waals surface area contributed by atoms with E-state index in [1.54, 1.807) is 30.3 Å². The van der Waals surface area contributed by atoms with E-state index in [2.05, 4.69) is 19.1 Å². The van der Waals surface area contributed by atoms with Crippen molar-refractivity contribution in [3.63, 3.8) is 0 Å². The van der Waals surface area contributed by atoms with Gasteiger partial charge in [-0.1, -0.05) is 68.0 Å². The average Bonchev–Trinajstić information content (AvgIpc) is 2.56. The maximum atomic E-state index is 12.8. The second-order valence-corrected chi connectivity index (χ2v) is 5.51. The molecule has 0 radical (unpaired) electrons. The Kier molecular flexibility index (Phi) is 4.01. The lowest BCUT2D eigenvalue weighted by Gasteiger charge is -2.19. The lowest BCUT2D eigenvalue weighted by Crippen LogP contribution is -2.22. The second kappa shape index (κ2) is 6.10. The fourth-order valence-electron chi connectivity index (χ4n) is 2.88. The zero-order valence-electron chi connectivity index (χ0n) is 12.6. The van der Waals surface area contributed by atoms with Gasteiger partial charge in [0.05, 0.1) is 0 Å². The van der Waals surface area contributed by atoms with Crippen LogP contribution in [0.25, 0.3) is 0 Å². The van der Waals surface area contributed by atoms with E-state index in [0.29, 0.717) is 28.7 Å². The van der Waals surface area contributed by atoms with Crippen LogP contribution in [0.1, 0.15) is 57.2 Å². The highest BCUT2D eigenvalue weighted by Crippen LogP contribution is 2.29. The summed E-state index contributed by atoms with van der Waals surface area (Å²) in [5.41, 5.74) is 3.07. The van der Waals surface area contributed by atoms with Crippen molar-refractivity contribution >= 4 is 11.6 Å². The molecule has 2 aromatic rings. The summed E-state index contributed by atoms with van der Waals surface area (Å²) in [6.45, 7) is 2.13. The highest BCUT2D eigenvalue weighted by atomic mass is 16.1. The number of unbranched alkanes of at least 4 members (excludes halogenated alkanes) is 1. The molecular formula is C20H18O2. The lowest BCUT2D eigenvalue weighted by atomic mass is 9.81. The first kappa shape index (κ1) is 14.5. The molecule has 0 saturated heterocycles. The second-order valence-electron chi connectivity index (χ2n) is 5.51. The first-order valence-corrected chi connectivity index (χ1v) is 7.69. The number of hydrogen-bond acceptors (Lipinski definition) is 2. The van der Waals surface area contributed by atoms with Crippen LogP contribution in [-0.2, 0) is 6.42 Å². The van der Waals surface area contributed by atoms with E-state index >= 15 is 0 Å². The van der Waals surface area contributed by atoms with Gasteiger partial charge in [-0.05, 0) is 18.4 Å². The molecule has 0 amide bonds. The highest BCUT2D eigenvalue weighted by molar-refractivity contribution is 6.28. The molecule has 0 aromatic heterocycles. The SMILES string of the molecule is CCCC=CCc1cccc2c1C(=O)c1ccccc1C2=O. The van der Waals surface area contributed by atoms with Crippen molar-refractivity contribution in [1.29, 1.82) is 0 Å².